The Morgan fingerprint density at radius 1 is 1.05 bits per heavy atom. The minimum absolute atomic E-state index is 0.409. The molecular weight excluding hydrogens is 252 g/mol. The largest absolute Gasteiger partial charge is 0.417 e. The molecule has 4 heteroatoms. The van der Waals surface area contributed by atoms with Crippen molar-refractivity contribution >= 4 is 11.1 Å². The number of nitrogens with one attached hydrogen (secondary N) is 2. The first-order valence-electron chi connectivity index (χ1n) is 6.59. The quantitative estimate of drug-likeness (QED) is 0.764. The topological polar surface area (TPSA) is 58.0 Å². The molecule has 0 radical (unpaired) electrons. The van der Waals surface area contributed by atoms with E-state index in [2.05, 4.69) is 34.6 Å². The van der Waals surface area contributed by atoms with E-state index >= 15 is 0 Å². The lowest BCUT2D eigenvalue weighted by atomic mass is 10.0. The van der Waals surface area contributed by atoms with Crippen molar-refractivity contribution in [2.75, 3.05) is 7.05 Å². The number of hydrogen-bond donors (Lipinski definition) is 2. The molecule has 2 N–H and O–H groups in total. The Hall–Kier alpha value is -2.33. The van der Waals surface area contributed by atoms with Crippen molar-refractivity contribution in [3.63, 3.8) is 0 Å². The first kappa shape index (κ1) is 12.7. The summed E-state index contributed by atoms with van der Waals surface area (Å²) in [7, 11) is 1.94. The summed E-state index contributed by atoms with van der Waals surface area (Å²) in [6.07, 6.45) is 0.824. The summed E-state index contributed by atoms with van der Waals surface area (Å²) in [5.74, 6) is -0.409. The van der Waals surface area contributed by atoms with Crippen molar-refractivity contribution in [1.82, 2.24) is 10.3 Å². The van der Waals surface area contributed by atoms with Gasteiger partial charge in [-0.25, -0.2) is 4.79 Å². The normalized spacial score (nSPS) is 11.1. The minimum atomic E-state index is -0.409. The van der Waals surface area contributed by atoms with E-state index in [-0.39, 0.29) is 0 Å². The zero-order valence-corrected chi connectivity index (χ0v) is 11.3. The zero-order valence-electron chi connectivity index (χ0n) is 11.3. The molecule has 1 heterocycles. The Morgan fingerprint density at radius 3 is 2.50 bits per heavy atom. The fourth-order valence-corrected chi connectivity index (χ4v) is 2.31. The summed E-state index contributed by atoms with van der Waals surface area (Å²) >= 11 is 0. The first-order chi connectivity index (χ1) is 9.74. The van der Waals surface area contributed by atoms with Crippen LogP contribution in [0.2, 0.25) is 0 Å². The van der Waals surface area contributed by atoms with Crippen LogP contribution in [0.3, 0.4) is 0 Å². The van der Waals surface area contributed by atoms with Crippen LogP contribution in [-0.2, 0) is 13.0 Å². The van der Waals surface area contributed by atoms with Crippen molar-refractivity contribution in [1.29, 1.82) is 0 Å². The van der Waals surface area contributed by atoms with Gasteiger partial charge < -0.3 is 9.73 Å². The van der Waals surface area contributed by atoms with Gasteiger partial charge >= 0.3 is 5.76 Å². The number of fused-ring (bicyclic) bond motifs is 1. The van der Waals surface area contributed by atoms with Crippen LogP contribution in [0.15, 0.2) is 51.7 Å². The fraction of sp³-hybridized carbons (Fsp3) is 0.188. The van der Waals surface area contributed by atoms with Crippen molar-refractivity contribution in [2.24, 2.45) is 0 Å². The van der Waals surface area contributed by atoms with Gasteiger partial charge in [0, 0.05) is 6.54 Å². The summed E-state index contributed by atoms with van der Waals surface area (Å²) in [5, 5.41) is 3.13. The van der Waals surface area contributed by atoms with Gasteiger partial charge in [-0.2, -0.15) is 0 Å². The minimum Gasteiger partial charge on any atom is -0.408 e. The average molecular weight is 268 g/mol. The highest BCUT2D eigenvalue weighted by atomic mass is 16.4. The van der Waals surface area contributed by atoms with Crippen LogP contribution in [0.1, 0.15) is 16.7 Å². The third kappa shape index (κ3) is 2.65. The number of aromatic nitrogens is 1. The second-order valence-corrected chi connectivity index (χ2v) is 4.87. The molecule has 0 saturated carbocycles. The SMILES string of the molecule is CNCc1ccc(Cc2ccc3[nH]c(=O)oc3c2)cc1. The summed E-state index contributed by atoms with van der Waals surface area (Å²) in [6.45, 7) is 0.876. The van der Waals surface area contributed by atoms with Crippen LogP contribution in [0.25, 0.3) is 11.1 Å². The van der Waals surface area contributed by atoms with Gasteiger partial charge in [-0.1, -0.05) is 30.3 Å². The number of benzene rings is 2. The molecular formula is C16H16N2O2. The zero-order chi connectivity index (χ0) is 13.9. The molecule has 0 fully saturated rings. The van der Waals surface area contributed by atoms with E-state index in [9.17, 15) is 4.79 Å². The molecule has 0 spiro atoms. The number of hydrogen-bond acceptors (Lipinski definition) is 3. The van der Waals surface area contributed by atoms with Gasteiger partial charge in [-0.05, 0) is 42.3 Å². The fourth-order valence-electron chi connectivity index (χ4n) is 2.31. The maximum Gasteiger partial charge on any atom is 0.417 e. The molecule has 4 nitrogen and oxygen atoms in total. The van der Waals surface area contributed by atoms with Crippen molar-refractivity contribution < 1.29 is 4.42 Å². The second-order valence-electron chi connectivity index (χ2n) is 4.87. The predicted molar refractivity (Wildman–Crippen MR) is 78.8 cm³/mol. The van der Waals surface area contributed by atoms with Crippen molar-refractivity contribution in [3.05, 3.63) is 69.7 Å². The van der Waals surface area contributed by atoms with Crippen LogP contribution in [0, 0.1) is 0 Å². The lowest BCUT2D eigenvalue weighted by Crippen LogP contribution is -2.04. The van der Waals surface area contributed by atoms with Gasteiger partial charge in [-0.3, -0.25) is 4.98 Å². The predicted octanol–water partition coefficient (Wildman–Crippen LogP) is 2.43. The molecule has 0 aliphatic carbocycles. The van der Waals surface area contributed by atoms with E-state index in [4.69, 9.17) is 4.42 Å². The Balaban J connectivity index is 1.82. The van der Waals surface area contributed by atoms with E-state index in [0.29, 0.717) is 5.58 Å². The van der Waals surface area contributed by atoms with Crippen LogP contribution in [0.4, 0.5) is 0 Å². The lowest BCUT2D eigenvalue weighted by Gasteiger charge is -2.04. The van der Waals surface area contributed by atoms with Gasteiger partial charge in [0.25, 0.3) is 0 Å². The Kier molecular flexibility index (Phi) is 3.39. The summed E-state index contributed by atoms with van der Waals surface area (Å²) in [6, 6.07) is 14.3. The van der Waals surface area contributed by atoms with Crippen LogP contribution in [0.5, 0.6) is 0 Å². The average Bonchev–Trinajstić information content (AvgIpc) is 2.81. The summed E-state index contributed by atoms with van der Waals surface area (Å²) in [5.41, 5.74) is 4.98. The van der Waals surface area contributed by atoms with Crippen LogP contribution >= 0.6 is 0 Å². The molecule has 0 aliphatic rings. The Morgan fingerprint density at radius 2 is 1.75 bits per heavy atom. The lowest BCUT2D eigenvalue weighted by molar-refractivity contribution is 0.555. The van der Waals surface area contributed by atoms with Gasteiger partial charge in [0.15, 0.2) is 5.58 Å². The first-order valence-corrected chi connectivity index (χ1v) is 6.59. The Bertz CT molecular complexity index is 769. The molecule has 0 atom stereocenters. The third-order valence-electron chi connectivity index (χ3n) is 3.30. The molecule has 0 unspecified atom stereocenters. The smallest absolute Gasteiger partial charge is 0.408 e. The number of oxazole rings is 1. The molecule has 102 valence electrons. The van der Waals surface area contributed by atoms with Crippen molar-refractivity contribution in [3.8, 4) is 0 Å². The van der Waals surface area contributed by atoms with Gasteiger partial charge in [0.05, 0.1) is 5.52 Å². The van der Waals surface area contributed by atoms with E-state index in [0.717, 1.165) is 24.0 Å². The highest BCUT2D eigenvalue weighted by molar-refractivity contribution is 5.72. The third-order valence-corrected chi connectivity index (χ3v) is 3.30. The van der Waals surface area contributed by atoms with Gasteiger partial charge in [0.2, 0.25) is 0 Å². The summed E-state index contributed by atoms with van der Waals surface area (Å²) < 4.78 is 5.08. The van der Waals surface area contributed by atoms with Crippen LogP contribution in [-0.4, -0.2) is 12.0 Å². The highest BCUT2D eigenvalue weighted by Crippen LogP contribution is 2.16. The molecule has 1 aromatic heterocycles. The molecule has 20 heavy (non-hydrogen) atoms. The van der Waals surface area contributed by atoms with E-state index in [1.165, 1.54) is 11.1 Å². The second kappa shape index (κ2) is 5.35. The molecule has 0 bridgehead atoms. The monoisotopic (exact) mass is 268 g/mol. The van der Waals surface area contributed by atoms with Gasteiger partial charge in [0.1, 0.15) is 0 Å². The van der Waals surface area contributed by atoms with E-state index < -0.39 is 5.76 Å². The maximum atomic E-state index is 11.1. The van der Waals surface area contributed by atoms with E-state index in [1.807, 2.05) is 25.2 Å². The molecule has 0 aliphatic heterocycles. The van der Waals surface area contributed by atoms with Crippen LogP contribution < -0.4 is 11.1 Å². The Labute approximate surface area is 116 Å². The number of H-pyrrole nitrogens is 1. The highest BCUT2D eigenvalue weighted by Gasteiger charge is 2.03. The van der Waals surface area contributed by atoms with Crippen molar-refractivity contribution in [2.45, 2.75) is 13.0 Å². The molecule has 0 amide bonds. The molecule has 3 rings (SSSR count). The molecule has 0 saturated heterocycles. The maximum absolute atomic E-state index is 11.1. The number of aromatic amines is 1. The molecule has 3 aromatic rings. The molecule has 2 aromatic carbocycles. The van der Waals surface area contributed by atoms with Gasteiger partial charge in [-0.15, -0.1) is 0 Å². The van der Waals surface area contributed by atoms with E-state index in [1.54, 1.807) is 0 Å². The summed E-state index contributed by atoms with van der Waals surface area (Å²) in [4.78, 5) is 13.8. The standard InChI is InChI=1S/C16H16N2O2/c1-17-10-12-4-2-11(3-5-12)8-13-6-7-14-15(9-13)20-16(19)18-14/h2-7,9,17H,8,10H2,1H3,(H,18,19). The number of rotatable bonds is 4.